The van der Waals surface area contributed by atoms with Crippen LogP contribution in [0, 0.1) is 6.92 Å². The summed E-state index contributed by atoms with van der Waals surface area (Å²) >= 11 is 0. The second kappa shape index (κ2) is 8.15. The molecule has 0 radical (unpaired) electrons. The van der Waals surface area contributed by atoms with Gasteiger partial charge in [-0.3, -0.25) is 14.3 Å². The van der Waals surface area contributed by atoms with Gasteiger partial charge in [0.15, 0.2) is 5.69 Å². The summed E-state index contributed by atoms with van der Waals surface area (Å²) in [4.78, 5) is 29.5. The lowest BCUT2D eigenvalue weighted by atomic mass is 10.1. The fourth-order valence-corrected chi connectivity index (χ4v) is 2.35. The molecule has 134 valence electrons. The van der Waals surface area contributed by atoms with Crippen LogP contribution in [0.15, 0.2) is 24.5 Å². The van der Waals surface area contributed by atoms with Gasteiger partial charge in [-0.1, -0.05) is 11.6 Å². The highest BCUT2D eigenvalue weighted by molar-refractivity contribution is 6.11. The highest BCUT2D eigenvalue weighted by atomic mass is 19.0. The van der Waals surface area contributed by atoms with Crippen molar-refractivity contribution in [1.29, 1.82) is 0 Å². The second-order valence-corrected chi connectivity index (χ2v) is 5.32. The zero-order chi connectivity index (χ0) is 17.9. The average Bonchev–Trinajstić information content (AvgIpc) is 2.89. The van der Waals surface area contributed by atoms with Gasteiger partial charge in [-0.2, -0.15) is 0 Å². The van der Waals surface area contributed by atoms with Crippen molar-refractivity contribution in [3.8, 4) is 0 Å². The first-order chi connectivity index (χ1) is 11.3. The number of carboxylic acid groups (broad SMARTS) is 1. The lowest BCUT2D eigenvalue weighted by molar-refractivity contribution is -0.135. The number of primary amides is 1. The number of nitrogens with one attached hydrogen (secondary N) is 1. The lowest BCUT2D eigenvalue weighted by Crippen LogP contribution is -2.16. The van der Waals surface area contributed by atoms with E-state index in [9.17, 15) is 9.59 Å². The van der Waals surface area contributed by atoms with Gasteiger partial charge in [0.25, 0.3) is 5.91 Å². The molecule has 4 N–H and O–H groups in total. The van der Waals surface area contributed by atoms with Crippen LogP contribution < -0.4 is 11.1 Å². The molecule has 0 aliphatic heterocycles. The van der Waals surface area contributed by atoms with Gasteiger partial charge < -0.3 is 20.7 Å². The average molecular weight is 349 g/mol. The summed E-state index contributed by atoms with van der Waals surface area (Å²) < 4.78 is 1.88. The number of benzene rings is 1. The highest BCUT2D eigenvalue weighted by Crippen LogP contribution is 2.25. The molecule has 0 spiro atoms. The van der Waals surface area contributed by atoms with Gasteiger partial charge in [-0.15, -0.1) is 0 Å². The number of hydrogen-bond acceptors (Lipinski definition) is 5. The molecule has 2 aromatic heterocycles. The number of aryl methyl sites for hydroxylation is 2. The summed E-state index contributed by atoms with van der Waals surface area (Å²) in [6.07, 6.45) is 1.67. The van der Waals surface area contributed by atoms with E-state index >= 15 is 0 Å². The fraction of sp³-hybridized carbons (Fsp3) is 0.250. The summed E-state index contributed by atoms with van der Waals surface area (Å²) in [7, 11) is 3.48. The van der Waals surface area contributed by atoms with Gasteiger partial charge in [0.05, 0.1) is 23.9 Å². The van der Waals surface area contributed by atoms with E-state index in [4.69, 9.17) is 10.8 Å². The lowest BCUT2D eigenvalue weighted by Gasteiger charge is -2.05. The molecule has 0 saturated heterocycles. The van der Waals surface area contributed by atoms with Crippen molar-refractivity contribution < 1.29 is 19.4 Å². The van der Waals surface area contributed by atoms with Crippen molar-refractivity contribution >= 4 is 33.8 Å². The van der Waals surface area contributed by atoms with Crippen molar-refractivity contribution in [3.63, 3.8) is 0 Å². The number of hydrogen-bond donors (Lipinski definition) is 3. The Labute approximate surface area is 143 Å². The van der Waals surface area contributed by atoms with Crippen molar-refractivity contribution in [3.05, 3.63) is 35.8 Å². The molecule has 0 atom stereocenters. The van der Waals surface area contributed by atoms with E-state index in [0.29, 0.717) is 5.52 Å². The number of aromatic nitrogens is 3. The molecule has 1 aromatic carbocycles. The molecule has 1 amide bonds. The van der Waals surface area contributed by atoms with E-state index in [1.54, 1.807) is 13.4 Å². The van der Waals surface area contributed by atoms with Crippen molar-refractivity contribution in [2.24, 2.45) is 12.8 Å². The van der Waals surface area contributed by atoms with Crippen LogP contribution in [0.3, 0.4) is 0 Å². The Morgan fingerprint density at radius 1 is 1.36 bits per heavy atom. The molecule has 0 unspecified atom stereocenters. The number of carbonyl (C=O) groups excluding carboxylic acids is 1. The molecule has 3 aromatic rings. The van der Waals surface area contributed by atoms with Crippen LogP contribution >= 0.6 is 0 Å². The smallest absolute Gasteiger partial charge is 0.317 e. The molecule has 0 bridgehead atoms. The van der Waals surface area contributed by atoms with Gasteiger partial charge in [0.1, 0.15) is 5.52 Å². The first kappa shape index (κ1) is 20.0. The van der Waals surface area contributed by atoms with Crippen LogP contribution in [0.25, 0.3) is 21.9 Å². The van der Waals surface area contributed by atoms with Crippen LogP contribution in [-0.4, -0.2) is 45.1 Å². The van der Waals surface area contributed by atoms with E-state index in [1.165, 1.54) is 0 Å². The van der Waals surface area contributed by atoms with Gasteiger partial charge in [-0.25, -0.2) is 9.97 Å². The Balaban J connectivity index is 0.000000390. The summed E-state index contributed by atoms with van der Waals surface area (Å²) in [5, 5.41) is 11.3. The molecule has 9 heteroatoms. The summed E-state index contributed by atoms with van der Waals surface area (Å²) in [6, 6.07) is 5.89. The third-order valence-electron chi connectivity index (χ3n) is 3.36. The molecule has 0 saturated carbocycles. The predicted octanol–water partition coefficient (Wildman–Crippen LogP) is 0.972. The molecule has 0 aliphatic carbocycles. The van der Waals surface area contributed by atoms with E-state index < -0.39 is 11.9 Å². The molecule has 8 nitrogen and oxygen atoms in total. The van der Waals surface area contributed by atoms with Crippen LogP contribution in [-0.2, 0) is 11.8 Å². The number of aliphatic carboxylic acids is 1. The Hall–Kier alpha value is -3.07. The van der Waals surface area contributed by atoms with Crippen LogP contribution in [0.1, 0.15) is 16.1 Å². The fourth-order valence-electron chi connectivity index (χ4n) is 2.35. The summed E-state index contributed by atoms with van der Waals surface area (Å²) in [5.41, 5.74) is 8.92. The van der Waals surface area contributed by atoms with E-state index in [2.05, 4.69) is 15.3 Å². The standard InChI is InChI=1S/C13H12N4O.C3H7NO2.FH/c1-7-3-4-9-8(5-7)12-10(15-6-17(12)2)11(16-9)13(14)18;1-4-2-3(5)6;/h3-6H,1-2H3,(H2,14,18);4H,2H2,1H3,(H,5,6);1H. The number of halogens is 1. The number of fused-ring (bicyclic) bond motifs is 3. The number of rotatable bonds is 3. The number of nitrogens with two attached hydrogens (primary N) is 1. The van der Waals surface area contributed by atoms with Gasteiger partial charge in [0, 0.05) is 12.4 Å². The van der Waals surface area contributed by atoms with Crippen molar-refractivity contribution in [2.75, 3.05) is 13.6 Å². The molecule has 25 heavy (non-hydrogen) atoms. The maximum atomic E-state index is 11.4. The molecular weight excluding hydrogens is 329 g/mol. The van der Waals surface area contributed by atoms with Gasteiger partial charge >= 0.3 is 5.97 Å². The molecule has 3 rings (SSSR count). The topological polar surface area (TPSA) is 123 Å². The zero-order valence-electron chi connectivity index (χ0n) is 14.1. The van der Waals surface area contributed by atoms with E-state index in [0.717, 1.165) is 22.0 Å². The Morgan fingerprint density at radius 3 is 2.56 bits per heavy atom. The monoisotopic (exact) mass is 349 g/mol. The first-order valence-corrected chi connectivity index (χ1v) is 7.22. The third kappa shape index (κ3) is 4.27. The van der Waals surface area contributed by atoms with Crippen LogP contribution in [0.5, 0.6) is 0 Å². The second-order valence-electron chi connectivity index (χ2n) is 5.32. The van der Waals surface area contributed by atoms with E-state index in [-0.39, 0.29) is 16.9 Å². The third-order valence-corrected chi connectivity index (χ3v) is 3.36. The minimum atomic E-state index is -0.822. The first-order valence-electron chi connectivity index (χ1n) is 7.22. The minimum Gasteiger partial charge on any atom is -0.480 e. The number of amides is 1. The zero-order valence-corrected chi connectivity index (χ0v) is 14.1. The van der Waals surface area contributed by atoms with Gasteiger partial charge in [-0.05, 0) is 26.1 Å². The molecule has 0 aliphatic rings. The highest BCUT2D eigenvalue weighted by Gasteiger charge is 2.16. The van der Waals surface area contributed by atoms with Crippen LogP contribution in [0.2, 0.25) is 0 Å². The number of likely N-dealkylation sites (N-methyl/N-ethyl adjacent to an activating group) is 1. The molecule has 2 heterocycles. The number of nitrogens with zero attached hydrogens (tertiary/aromatic N) is 3. The molecular formula is C16H20FN5O3. The Morgan fingerprint density at radius 2 is 2.04 bits per heavy atom. The largest absolute Gasteiger partial charge is 0.480 e. The van der Waals surface area contributed by atoms with Gasteiger partial charge in [0.2, 0.25) is 0 Å². The maximum absolute atomic E-state index is 11.4. The summed E-state index contributed by atoms with van der Waals surface area (Å²) in [6.45, 7) is 2.06. The SMILES string of the molecule is CNCC(=O)O.Cc1ccc2nc(C(N)=O)c3ncn(C)c3c2c1.F. The van der Waals surface area contributed by atoms with Crippen LogP contribution in [0.4, 0.5) is 4.70 Å². The molecule has 0 fully saturated rings. The Kier molecular flexibility index (Phi) is 6.52. The maximum Gasteiger partial charge on any atom is 0.317 e. The Bertz CT molecular complexity index is 923. The van der Waals surface area contributed by atoms with Crippen molar-refractivity contribution in [2.45, 2.75) is 6.92 Å². The minimum absolute atomic E-state index is 0. The predicted molar refractivity (Wildman–Crippen MR) is 93.3 cm³/mol. The number of pyridine rings is 1. The van der Waals surface area contributed by atoms with E-state index in [1.807, 2.05) is 36.7 Å². The quantitative estimate of drug-likeness (QED) is 0.647. The number of carbonyl (C=O) groups is 2. The number of carboxylic acids is 1. The van der Waals surface area contributed by atoms with Crippen molar-refractivity contribution in [1.82, 2.24) is 19.9 Å². The number of imidazole rings is 1. The summed E-state index contributed by atoms with van der Waals surface area (Å²) in [5.74, 6) is -1.38. The normalized spacial score (nSPS) is 10.0.